The van der Waals surface area contributed by atoms with Gasteiger partial charge in [-0.05, 0) is 37.0 Å². The maximum Gasteiger partial charge on any atom is 0.222 e. The molecule has 1 aromatic heterocycles. The number of halogens is 1. The molecule has 6 heteroatoms. The Labute approximate surface area is 163 Å². The number of rotatable bonds is 5. The van der Waals surface area contributed by atoms with E-state index < -0.39 is 0 Å². The van der Waals surface area contributed by atoms with Gasteiger partial charge in [0.15, 0.2) is 0 Å². The van der Waals surface area contributed by atoms with Crippen LogP contribution < -0.4 is 0 Å². The molecule has 1 aliphatic heterocycles. The highest BCUT2D eigenvalue weighted by atomic mass is 19.1. The maximum absolute atomic E-state index is 13.4. The molecule has 2 heterocycles. The second-order valence-electron chi connectivity index (χ2n) is 7.32. The van der Waals surface area contributed by atoms with Crippen LogP contribution in [0.3, 0.4) is 0 Å². The highest BCUT2D eigenvalue weighted by Crippen LogP contribution is 2.24. The highest BCUT2D eigenvalue weighted by Gasteiger charge is 2.28. The fourth-order valence-electron chi connectivity index (χ4n) is 3.65. The zero-order chi connectivity index (χ0) is 19.5. The number of carbonyl (C=O) groups excluding carboxylic acids is 1. The summed E-state index contributed by atoms with van der Waals surface area (Å²) < 4.78 is 15.2. The summed E-state index contributed by atoms with van der Waals surface area (Å²) in [6.45, 7) is 3.12. The summed E-state index contributed by atoms with van der Waals surface area (Å²) in [6.07, 6.45) is 3.89. The van der Waals surface area contributed by atoms with Crippen LogP contribution in [0.15, 0.2) is 54.7 Å². The normalized spacial score (nSPS) is 16.5. The largest absolute Gasteiger partial charge is 0.340 e. The Bertz CT molecular complexity index is 970. The van der Waals surface area contributed by atoms with E-state index in [0.29, 0.717) is 24.9 Å². The first-order valence-corrected chi connectivity index (χ1v) is 9.60. The third kappa shape index (κ3) is 3.96. The van der Waals surface area contributed by atoms with E-state index in [2.05, 4.69) is 10.3 Å². The number of aryl methyl sites for hydroxylation is 2. The van der Waals surface area contributed by atoms with E-state index in [0.717, 1.165) is 29.8 Å². The molecule has 1 amide bonds. The molecule has 1 saturated heterocycles. The van der Waals surface area contributed by atoms with E-state index in [1.54, 1.807) is 13.0 Å². The van der Waals surface area contributed by atoms with Crippen LogP contribution in [0.5, 0.6) is 0 Å². The quantitative estimate of drug-likeness (QED) is 0.679. The zero-order valence-corrected chi connectivity index (χ0v) is 15.9. The first-order valence-electron chi connectivity index (χ1n) is 9.60. The average Bonchev–Trinajstić information content (AvgIpc) is 3.39. The van der Waals surface area contributed by atoms with Gasteiger partial charge in [-0.15, -0.1) is 5.10 Å². The van der Waals surface area contributed by atoms with E-state index in [4.69, 9.17) is 0 Å². The highest BCUT2D eigenvalue weighted by molar-refractivity contribution is 5.76. The number of carbonyl (C=O) groups is 1. The van der Waals surface area contributed by atoms with Crippen molar-refractivity contribution in [3.05, 3.63) is 71.7 Å². The van der Waals surface area contributed by atoms with Crippen LogP contribution >= 0.6 is 0 Å². The van der Waals surface area contributed by atoms with Gasteiger partial charge in [0, 0.05) is 25.1 Å². The van der Waals surface area contributed by atoms with Gasteiger partial charge in [-0.2, -0.15) is 0 Å². The number of hydrogen-bond acceptors (Lipinski definition) is 3. The van der Waals surface area contributed by atoms with Gasteiger partial charge in [0.05, 0.1) is 12.2 Å². The van der Waals surface area contributed by atoms with Crippen LogP contribution in [0.25, 0.3) is 11.3 Å². The van der Waals surface area contributed by atoms with E-state index in [1.807, 2.05) is 52.2 Å². The van der Waals surface area contributed by atoms with Crippen LogP contribution in [-0.2, 0) is 11.2 Å². The topological polar surface area (TPSA) is 51.0 Å². The van der Waals surface area contributed by atoms with E-state index >= 15 is 0 Å². The summed E-state index contributed by atoms with van der Waals surface area (Å²) in [5.74, 6) is -0.0759. The lowest BCUT2D eigenvalue weighted by Gasteiger charge is -2.16. The molecule has 0 saturated carbocycles. The van der Waals surface area contributed by atoms with Gasteiger partial charge in [0.1, 0.15) is 11.5 Å². The fourth-order valence-corrected chi connectivity index (χ4v) is 3.65. The van der Waals surface area contributed by atoms with Gasteiger partial charge in [-0.25, -0.2) is 9.07 Å². The molecule has 0 bridgehead atoms. The van der Waals surface area contributed by atoms with Gasteiger partial charge in [0.25, 0.3) is 0 Å². The Balaban J connectivity index is 1.34. The lowest BCUT2D eigenvalue weighted by atomic mass is 10.1. The Morgan fingerprint density at radius 2 is 2.04 bits per heavy atom. The molecule has 28 heavy (non-hydrogen) atoms. The lowest BCUT2D eigenvalue weighted by molar-refractivity contribution is -0.130. The Kier molecular flexibility index (Phi) is 5.19. The van der Waals surface area contributed by atoms with Crippen LogP contribution in [0.2, 0.25) is 0 Å². The van der Waals surface area contributed by atoms with Gasteiger partial charge in [-0.1, -0.05) is 47.7 Å². The minimum absolute atomic E-state index is 0.132. The summed E-state index contributed by atoms with van der Waals surface area (Å²) in [5, 5.41) is 8.54. The molecule has 144 valence electrons. The van der Waals surface area contributed by atoms with Crippen molar-refractivity contribution in [2.45, 2.75) is 32.2 Å². The Morgan fingerprint density at radius 1 is 1.21 bits per heavy atom. The predicted octanol–water partition coefficient (Wildman–Crippen LogP) is 3.80. The molecule has 1 atom stereocenters. The van der Waals surface area contributed by atoms with Crippen molar-refractivity contribution < 1.29 is 9.18 Å². The third-order valence-electron chi connectivity index (χ3n) is 5.32. The lowest BCUT2D eigenvalue weighted by Crippen LogP contribution is -2.29. The van der Waals surface area contributed by atoms with Crippen molar-refractivity contribution in [1.29, 1.82) is 0 Å². The molecule has 0 radical (unpaired) electrons. The molecule has 4 rings (SSSR count). The molecule has 3 aromatic rings. The standard InChI is InChI=1S/C22H23FN4O/c1-16-13-17(7-9-20(16)23)8-10-22(28)26-12-11-19(14-26)27-15-21(24-25-27)18-5-3-2-4-6-18/h2-7,9,13,15,19H,8,10-12,14H2,1H3/t19-/m1/s1. The molecular formula is C22H23FN4O. The SMILES string of the molecule is Cc1cc(CCC(=O)N2CC[C@@H](n3cc(-c4ccccc4)nn3)C2)ccc1F. The van der Waals surface area contributed by atoms with Crippen molar-refractivity contribution in [2.24, 2.45) is 0 Å². The van der Waals surface area contributed by atoms with Crippen molar-refractivity contribution >= 4 is 5.91 Å². The molecule has 2 aromatic carbocycles. The molecule has 0 spiro atoms. The van der Waals surface area contributed by atoms with Crippen LogP contribution in [0, 0.1) is 12.7 Å². The monoisotopic (exact) mass is 378 g/mol. The minimum atomic E-state index is -0.208. The van der Waals surface area contributed by atoms with E-state index in [1.165, 1.54) is 6.07 Å². The molecule has 0 N–H and O–H groups in total. The summed E-state index contributed by atoms with van der Waals surface area (Å²) in [5.41, 5.74) is 3.49. The number of nitrogens with zero attached hydrogens (tertiary/aromatic N) is 4. The van der Waals surface area contributed by atoms with Gasteiger partial charge in [0.2, 0.25) is 5.91 Å². The number of benzene rings is 2. The van der Waals surface area contributed by atoms with Crippen molar-refractivity contribution in [2.75, 3.05) is 13.1 Å². The smallest absolute Gasteiger partial charge is 0.222 e. The summed E-state index contributed by atoms with van der Waals surface area (Å²) in [6, 6.07) is 15.1. The Hall–Kier alpha value is -3.02. The van der Waals surface area contributed by atoms with Gasteiger partial charge >= 0.3 is 0 Å². The minimum Gasteiger partial charge on any atom is -0.340 e. The number of amides is 1. The summed E-state index contributed by atoms with van der Waals surface area (Å²) >= 11 is 0. The van der Waals surface area contributed by atoms with Crippen molar-refractivity contribution in [1.82, 2.24) is 19.9 Å². The van der Waals surface area contributed by atoms with E-state index in [9.17, 15) is 9.18 Å². The van der Waals surface area contributed by atoms with Crippen molar-refractivity contribution in [3.8, 4) is 11.3 Å². The molecule has 5 nitrogen and oxygen atoms in total. The summed E-state index contributed by atoms with van der Waals surface area (Å²) in [4.78, 5) is 14.5. The predicted molar refractivity (Wildman–Crippen MR) is 105 cm³/mol. The maximum atomic E-state index is 13.4. The third-order valence-corrected chi connectivity index (χ3v) is 5.32. The first kappa shape index (κ1) is 18.3. The molecule has 0 aliphatic carbocycles. The fraction of sp³-hybridized carbons (Fsp3) is 0.318. The average molecular weight is 378 g/mol. The van der Waals surface area contributed by atoms with Gasteiger partial charge in [-0.3, -0.25) is 4.79 Å². The molecule has 1 aliphatic rings. The first-order chi connectivity index (χ1) is 13.6. The van der Waals surface area contributed by atoms with Crippen LogP contribution in [0.4, 0.5) is 4.39 Å². The number of hydrogen-bond donors (Lipinski definition) is 0. The second-order valence-corrected chi connectivity index (χ2v) is 7.32. The number of likely N-dealkylation sites (tertiary alicyclic amines) is 1. The van der Waals surface area contributed by atoms with E-state index in [-0.39, 0.29) is 17.8 Å². The Morgan fingerprint density at radius 3 is 2.82 bits per heavy atom. The van der Waals surface area contributed by atoms with Crippen LogP contribution in [-0.4, -0.2) is 38.9 Å². The van der Waals surface area contributed by atoms with Gasteiger partial charge < -0.3 is 4.90 Å². The van der Waals surface area contributed by atoms with Crippen molar-refractivity contribution in [3.63, 3.8) is 0 Å². The van der Waals surface area contributed by atoms with Crippen LogP contribution in [0.1, 0.15) is 30.0 Å². The molecule has 0 unspecified atom stereocenters. The molecule has 1 fully saturated rings. The number of aromatic nitrogens is 3. The summed E-state index contributed by atoms with van der Waals surface area (Å²) in [7, 11) is 0. The second kappa shape index (κ2) is 7.92. The molecular weight excluding hydrogens is 355 g/mol. The zero-order valence-electron chi connectivity index (χ0n) is 15.9.